The molecule has 0 rings (SSSR count). The van der Waals surface area contributed by atoms with Gasteiger partial charge in [-0.15, -0.1) is 0 Å². The van der Waals surface area contributed by atoms with Gasteiger partial charge in [0.1, 0.15) is 0 Å². The summed E-state index contributed by atoms with van der Waals surface area (Å²) in [6.45, 7) is 1.96. The minimum absolute atomic E-state index is 0. The standard InChI is InChI=1S/C5H10O3.H2O/c1-2-3-4-5(6)8-7;/h7H,2-4H2,1H3;1H2. The molecule has 4 heteroatoms. The molecule has 0 aromatic heterocycles. The second-order valence-electron chi connectivity index (χ2n) is 1.57. The zero-order valence-corrected chi connectivity index (χ0v) is 5.39. The summed E-state index contributed by atoms with van der Waals surface area (Å²) >= 11 is 0. The van der Waals surface area contributed by atoms with Crippen LogP contribution >= 0.6 is 0 Å². The van der Waals surface area contributed by atoms with E-state index in [4.69, 9.17) is 5.26 Å². The first kappa shape index (κ1) is 11.2. The van der Waals surface area contributed by atoms with E-state index in [1.165, 1.54) is 0 Å². The Balaban J connectivity index is 0. The van der Waals surface area contributed by atoms with Crippen molar-refractivity contribution >= 4 is 5.97 Å². The number of hydrogen-bond donors (Lipinski definition) is 1. The summed E-state index contributed by atoms with van der Waals surface area (Å²) in [5.74, 6) is -0.549. The highest BCUT2D eigenvalue weighted by atomic mass is 17.1. The van der Waals surface area contributed by atoms with E-state index in [1.54, 1.807) is 0 Å². The lowest BCUT2D eigenvalue weighted by Gasteiger charge is -1.90. The molecule has 0 atom stereocenters. The average molecular weight is 136 g/mol. The van der Waals surface area contributed by atoms with Crippen molar-refractivity contribution in [3.63, 3.8) is 0 Å². The first-order valence-corrected chi connectivity index (χ1v) is 2.65. The molecule has 9 heavy (non-hydrogen) atoms. The van der Waals surface area contributed by atoms with E-state index in [-0.39, 0.29) is 5.48 Å². The van der Waals surface area contributed by atoms with Gasteiger partial charge in [0.15, 0.2) is 0 Å². The molecule has 0 radical (unpaired) electrons. The predicted molar refractivity (Wildman–Crippen MR) is 31.9 cm³/mol. The Hall–Kier alpha value is -0.610. The SMILES string of the molecule is CCCCC(=O)OO.O. The zero-order valence-electron chi connectivity index (χ0n) is 5.39. The highest BCUT2D eigenvalue weighted by Gasteiger charge is 1.97. The summed E-state index contributed by atoms with van der Waals surface area (Å²) in [5, 5.41) is 7.71. The van der Waals surface area contributed by atoms with E-state index in [2.05, 4.69) is 4.89 Å². The van der Waals surface area contributed by atoms with Gasteiger partial charge in [0, 0.05) is 6.42 Å². The van der Waals surface area contributed by atoms with Crippen LogP contribution in [0.3, 0.4) is 0 Å². The second kappa shape index (κ2) is 7.39. The molecule has 0 spiro atoms. The van der Waals surface area contributed by atoms with E-state index in [0.29, 0.717) is 6.42 Å². The second-order valence-corrected chi connectivity index (χ2v) is 1.57. The molecular weight excluding hydrogens is 124 g/mol. The lowest BCUT2D eigenvalue weighted by molar-refractivity contribution is -0.234. The van der Waals surface area contributed by atoms with Crippen LogP contribution in [0.1, 0.15) is 26.2 Å². The lowest BCUT2D eigenvalue weighted by Crippen LogP contribution is -1.98. The van der Waals surface area contributed by atoms with Crippen LogP contribution in [0.5, 0.6) is 0 Å². The van der Waals surface area contributed by atoms with Crippen molar-refractivity contribution in [2.45, 2.75) is 26.2 Å². The van der Waals surface area contributed by atoms with Crippen molar-refractivity contribution in [1.29, 1.82) is 0 Å². The highest BCUT2D eigenvalue weighted by molar-refractivity contribution is 5.68. The molecule has 0 aliphatic carbocycles. The number of carbonyl (C=O) groups excluding carboxylic acids is 1. The molecular formula is C5H12O4. The summed E-state index contributed by atoms with van der Waals surface area (Å²) < 4.78 is 0. The largest absolute Gasteiger partial charge is 0.412 e. The normalized spacial score (nSPS) is 7.78. The molecule has 3 N–H and O–H groups in total. The third-order valence-electron chi connectivity index (χ3n) is 0.836. The molecule has 0 unspecified atom stereocenters. The van der Waals surface area contributed by atoms with Gasteiger partial charge in [-0.1, -0.05) is 13.3 Å². The van der Waals surface area contributed by atoms with Gasteiger partial charge in [0.25, 0.3) is 0 Å². The van der Waals surface area contributed by atoms with Crippen LogP contribution in [-0.4, -0.2) is 16.7 Å². The van der Waals surface area contributed by atoms with Crippen molar-refractivity contribution in [3.8, 4) is 0 Å². The van der Waals surface area contributed by atoms with Crippen LogP contribution in [0.2, 0.25) is 0 Å². The van der Waals surface area contributed by atoms with Gasteiger partial charge in [-0.3, -0.25) is 0 Å². The van der Waals surface area contributed by atoms with Gasteiger partial charge in [-0.25, -0.2) is 4.79 Å². The van der Waals surface area contributed by atoms with E-state index >= 15 is 0 Å². The Morgan fingerprint density at radius 3 is 2.56 bits per heavy atom. The summed E-state index contributed by atoms with van der Waals surface area (Å²) in [6, 6.07) is 0. The van der Waals surface area contributed by atoms with Crippen LogP contribution in [0.4, 0.5) is 0 Å². The Bertz CT molecular complexity index is 71.4. The first-order valence-electron chi connectivity index (χ1n) is 2.65. The smallest absolute Gasteiger partial charge is 0.342 e. The van der Waals surface area contributed by atoms with Gasteiger partial charge in [-0.05, 0) is 6.42 Å². The topological polar surface area (TPSA) is 78.0 Å². The van der Waals surface area contributed by atoms with Crippen LogP contribution in [0, 0.1) is 0 Å². The first-order chi connectivity index (χ1) is 3.81. The maximum Gasteiger partial charge on any atom is 0.342 e. The zero-order chi connectivity index (χ0) is 6.41. The van der Waals surface area contributed by atoms with E-state index < -0.39 is 5.97 Å². The van der Waals surface area contributed by atoms with Crippen LogP contribution in [-0.2, 0) is 9.68 Å². The fraction of sp³-hybridized carbons (Fsp3) is 0.800. The number of carbonyl (C=O) groups is 1. The minimum Gasteiger partial charge on any atom is -0.412 e. The van der Waals surface area contributed by atoms with Gasteiger partial charge < -0.3 is 10.4 Å². The molecule has 4 nitrogen and oxygen atoms in total. The van der Waals surface area contributed by atoms with E-state index in [1.807, 2.05) is 6.92 Å². The Morgan fingerprint density at radius 1 is 1.67 bits per heavy atom. The van der Waals surface area contributed by atoms with Gasteiger partial charge in [0.05, 0.1) is 0 Å². The summed E-state index contributed by atoms with van der Waals surface area (Å²) in [5.41, 5.74) is 0. The Labute approximate surface area is 53.7 Å². The molecule has 0 aromatic rings. The Morgan fingerprint density at radius 2 is 2.22 bits per heavy atom. The molecule has 0 saturated carbocycles. The monoisotopic (exact) mass is 136 g/mol. The van der Waals surface area contributed by atoms with Gasteiger partial charge >= 0.3 is 5.97 Å². The van der Waals surface area contributed by atoms with Crippen LogP contribution < -0.4 is 0 Å². The molecule has 0 heterocycles. The molecule has 0 saturated heterocycles. The highest BCUT2D eigenvalue weighted by Crippen LogP contribution is 1.93. The molecule has 0 bridgehead atoms. The maximum absolute atomic E-state index is 10.1. The third kappa shape index (κ3) is 7.39. The summed E-state index contributed by atoms with van der Waals surface area (Å²) in [7, 11) is 0. The summed E-state index contributed by atoms with van der Waals surface area (Å²) in [4.78, 5) is 13.5. The maximum atomic E-state index is 10.1. The predicted octanol–water partition coefficient (Wildman–Crippen LogP) is 0.368. The van der Waals surface area contributed by atoms with E-state index in [9.17, 15) is 4.79 Å². The molecule has 56 valence electrons. The fourth-order valence-electron chi connectivity index (χ4n) is 0.367. The molecule has 0 aliphatic rings. The van der Waals surface area contributed by atoms with E-state index in [0.717, 1.165) is 12.8 Å². The molecule has 0 aliphatic heterocycles. The van der Waals surface area contributed by atoms with Crippen molar-refractivity contribution in [2.75, 3.05) is 0 Å². The van der Waals surface area contributed by atoms with Gasteiger partial charge in [0.2, 0.25) is 0 Å². The van der Waals surface area contributed by atoms with Crippen molar-refractivity contribution < 1.29 is 20.4 Å². The van der Waals surface area contributed by atoms with Crippen molar-refractivity contribution in [2.24, 2.45) is 0 Å². The van der Waals surface area contributed by atoms with Gasteiger partial charge in [-0.2, -0.15) is 5.26 Å². The van der Waals surface area contributed by atoms with Crippen LogP contribution in [0.15, 0.2) is 0 Å². The Kier molecular flexibility index (Phi) is 9.21. The quantitative estimate of drug-likeness (QED) is 0.449. The third-order valence-corrected chi connectivity index (χ3v) is 0.836. The summed E-state index contributed by atoms with van der Waals surface area (Å²) in [6.07, 6.45) is 2.03. The molecule has 0 fully saturated rings. The number of rotatable bonds is 3. The number of unbranched alkanes of at least 4 members (excludes halogenated alkanes) is 1. The lowest BCUT2D eigenvalue weighted by atomic mass is 10.3. The van der Waals surface area contributed by atoms with Crippen molar-refractivity contribution in [1.82, 2.24) is 0 Å². The molecule has 0 aromatic carbocycles. The molecule has 0 amide bonds. The van der Waals surface area contributed by atoms with Crippen LogP contribution in [0.25, 0.3) is 0 Å². The van der Waals surface area contributed by atoms with Crippen molar-refractivity contribution in [3.05, 3.63) is 0 Å². The fourth-order valence-corrected chi connectivity index (χ4v) is 0.367. The minimum atomic E-state index is -0.549. The average Bonchev–Trinajstić information content (AvgIpc) is 1.83. The number of hydrogen-bond acceptors (Lipinski definition) is 3.